The number of aromatic nitrogens is 1. The summed E-state index contributed by atoms with van der Waals surface area (Å²) in [5.41, 5.74) is 13.8. The van der Waals surface area contributed by atoms with Crippen LogP contribution >= 0.6 is 0 Å². The maximum atomic E-state index is 12.0. The Labute approximate surface area is 128 Å². The molecular formula is C18H17N3O. The standard InChI is InChI=1S/C18H17N3O/c19-17(16(18(20)22)12-5-2-1-3-6-12)15-8-4-7-13-11-21-10-9-14(13)15/h1-11,16-17H,19H2,(H2,20,22). The summed E-state index contributed by atoms with van der Waals surface area (Å²) in [6, 6.07) is 16.6. The van der Waals surface area contributed by atoms with E-state index in [2.05, 4.69) is 4.98 Å². The van der Waals surface area contributed by atoms with Gasteiger partial charge in [-0.2, -0.15) is 0 Å². The van der Waals surface area contributed by atoms with Gasteiger partial charge in [0.1, 0.15) is 0 Å². The van der Waals surface area contributed by atoms with Crippen molar-refractivity contribution >= 4 is 16.7 Å². The number of carbonyl (C=O) groups excluding carboxylic acids is 1. The van der Waals surface area contributed by atoms with E-state index in [1.54, 1.807) is 12.4 Å². The van der Waals surface area contributed by atoms with E-state index in [1.165, 1.54) is 0 Å². The summed E-state index contributed by atoms with van der Waals surface area (Å²) < 4.78 is 0. The quantitative estimate of drug-likeness (QED) is 0.775. The monoisotopic (exact) mass is 291 g/mol. The number of fused-ring (bicyclic) bond motifs is 1. The molecule has 0 saturated heterocycles. The number of amides is 1. The zero-order valence-electron chi connectivity index (χ0n) is 12.0. The van der Waals surface area contributed by atoms with Gasteiger partial charge in [-0.15, -0.1) is 0 Å². The number of hydrogen-bond donors (Lipinski definition) is 2. The van der Waals surface area contributed by atoms with Gasteiger partial charge in [-0.3, -0.25) is 9.78 Å². The van der Waals surface area contributed by atoms with Crippen LogP contribution in [0.15, 0.2) is 67.0 Å². The van der Waals surface area contributed by atoms with Crippen LogP contribution < -0.4 is 11.5 Å². The van der Waals surface area contributed by atoms with Crippen LogP contribution in [0.25, 0.3) is 10.8 Å². The number of benzene rings is 2. The van der Waals surface area contributed by atoms with Crippen molar-refractivity contribution in [3.63, 3.8) is 0 Å². The normalized spacial score (nSPS) is 13.7. The topological polar surface area (TPSA) is 82.0 Å². The Hall–Kier alpha value is -2.72. The van der Waals surface area contributed by atoms with Crippen molar-refractivity contribution in [2.75, 3.05) is 0 Å². The van der Waals surface area contributed by atoms with Crippen molar-refractivity contribution in [3.05, 3.63) is 78.1 Å². The molecule has 0 saturated carbocycles. The molecule has 0 spiro atoms. The second kappa shape index (κ2) is 5.95. The number of carbonyl (C=O) groups is 1. The highest BCUT2D eigenvalue weighted by atomic mass is 16.1. The summed E-state index contributed by atoms with van der Waals surface area (Å²) in [5, 5.41) is 1.99. The van der Waals surface area contributed by atoms with Gasteiger partial charge in [0, 0.05) is 23.8 Å². The van der Waals surface area contributed by atoms with Crippen molar-refractivity contribution in [1.82, 2.24) is 4.98 Å². The van der Waals surface area contributed by atoms with Crippen LogP contribution in [0.5, 0.6) is 0 Å². The molecule has 1 heterocycles. The summed E-state index contributed by atoms with van der Waals surface area (Å²) in [6.07, 6.45) is 3.51. The Morgan fingerprint density at radius 3 is 2.50 bits per heavy atom. The number of primary amides is 1. The second-order valence-electron chi connectivity index (χ2n) is 5.26. The summed E-state index contributed by atoms with van der Waals surface area (Å²) in [4.78, 5) is 16.1. The molecule has 0 aliphatic heterocycles. The molecule has 0 radical (unpaired) electrons. The minimum absolute atomic E-state index is 0.426. The van der Waals surface area contributed by atoms with Crippen molar-refractivity contribution in [1.29, 1.82) is 0 Å². The van der Waals surface area contributed by atoms with E-state index in [4.69, 9.17) is 11.5 Å². The van der Waals surface area contributed by atoms with Crippen LogP contribution in [0.2, 0.25) is 0 Å². The highest BCUT2D eigenvalue weighted by molar-refractivity contribution is 5.88. The Morgan fingerprint density at radius 2 is 1.77 bits per heavy atom. The van der Waals surface area contributed by atoms with Gasteiger partial charge < -0.3 is 11.5 Å². The molecule has 0 bridgehead atoms. The van der Waals surface area contributed by atoms with E-state index in [0.29, 0.717) is 0 Å². The second-order valence-corrected chi connectivity index (χ2v) is 5.26. The molecule has 0 aliphatic carbocycles. The molecule has 2 atom stereocenters. The summed E-state index contributed by atoms with van der Waals surface area (Å²) in [7, 11) is 0. The number of pyridine rings is 1. The van der Waals surface area contributed by atoms with Crippen LogP contribution in [-0.4, -0.2) is 10.9 Å². The summed E-state index contributed by atoms with van der Waals surface area (Å²) >= 11 is 0. The average molecular weight is 291 g/mol. The van der Waals surface area contributed by atoms with Crippen LogP contribution in [0.1, 0.15) is 23.1 Å². The highest BCUT2D eigenvalue weighted by Gasteiger charge is 2.27. The first kappa shape index (κ1) is 14.2. The minimum atomic E-state index is -0.569. The Morgan fingerprint density at radius 1 is 1.00 bits per heavy atom. The van der Waals surface area contributed by atoms with Crippen LogP contribution in [0.3, 0.4) is 0 Å². The third-order valence-electron chi connectivity index (χ3n) is 3.90. The molecule has 22 heavy (non-hydrogen) atoms. The molecule has 2 unspecified atom stereocenters. The zero-order valence-corrected chi connectivity index (χ0v) is 12.0. The van der Waals surface area contributed by atoms with Gasteiger partial charge in [-0.25, -0.2) is 0 Å². The number of nitrogens with zero attached hydrogens (tertiary/aromatic N) is 1. The predicted molar refractivity (Wildman–Crippen MR) is 87.0 cm³/mol. The molecule has 3 aromatic rings. The smallest absolute Gasteiger partial charge is 0.226 e. The van der Waals surface area contributed by atoms with E-state index in [0.717, 1.165) is 21.9 Å². The van der Waals surface area contributed by atoms with Crippen LogP contribution in [-0.2, 0) is 4.79 Å². The Bertz CT molecular complexity index is 796. The SMILES string of the molecule is NC(=O)C(c1ccccc1)C(N)c1cccc2cnccc12. The first-order valence-electron chi connectivity index (χ1n) is 7.11. The Balaban J connectivity index is 2.10. The minimum Gasteiger partial charge on any atom is -0.369 e. The van der Waals surface area contributed by atoms with E-state index in [9.17, 15) is 4.79 Å². The molecule has 1 aromatic heterocycles. The van der Waals surface area contributed by atoms with E-state index >= 15 is 0 Å². The maximum absolute atomic E-state index is 12.0. The molecule has 110 valence electrons. The molecule has 4 heteroatoms. The molecule has 2 aromatic carbocycles. The van der Waals surface area contributed by atoms with Gasteiger partial charge in [0.05, 0.1) is 5.92 Å². The lowest BCUT2D eigenvalue weighted by Crippen LogP contribution is -2.31. The fourth-order valence-electron chi connectivity index (χ4n) is 2.83. The van der Waals surface area contributed by atoms with Gasteiger partial charge in [0.25, 0.3) is 0 Å². The third-order valence-corrected chi connectivity index (χ3v) is 3.90. The maximum Gasteiger partial charge on any atom is 0.226 e. The number of nitrogens with two attached hydrogens (primary N) is 2. The van der Waals surface area contributed by atoms with Gasteiger partial charge in [-0.1, -0.05) is 48.5 Å². The molecule has 3 rings (SSSR count). The zero-order chi connectivity index (χ0) is 15.5. The first-order valence-corrected chi connectivity index (χ1v) is 7.11. The molecule has 0 fully saturated rings. The number of hydrogen-bond acceptors (Lipinski definition) is 3. The van der Waals surface area contributed by atoms with Crippen molar-refractivity contribution < 1.29 is 4.79 Å². The lowest BCUT2D eigenvalue weighted by molar-refractivity contribution is -0.119. The van der Waals surface area contributed by atoms with Gasteiger partial charge in [0.15, 0.2) is 0 Å². The van der Waals surface area contributed by atoms with Crippen LogP contribution in [0, 0.1) is 0 Å². The fourth-order valence-corrected chi connectivity index (χ4v) is 2.83. The molecule has 0 aliphatic rings. The van der Waals surface area contributed by atoms with E-state index in [-0.39, 0.29) is 0 Å². The lowest BCUT2D eigenvalue weighted by atomic mass is 9.85. The fraction of sp³-hybridized carbons (Fsp3) is 0.111. The van der Waals surface area contributed by atoms with Gasteiger partial charge in [0.2, 0.25) is 5.91 Å². The van der Waals surface area contributed by atoms with Crippen molar-refractivity contribution in [2.24, 2.45) is 11.5 Å². The van der Waals surface area contributed by atoms with Crippen LogP contribution in [0.4, 0.5) is 0 Å². The Kier molecular flexibility index (Phi) is 3.85. The summed E-state index contributed by atoms with van der Waals surface area (Å²) in [6.45, 7) is 0. The molecule has 4 nitrogen and oxygen atoms in total. The molecule has 4 N–H and O–H groups in total. The molecular weight excluding hydrogens is 274 g/mol. The van der Waals surface area contributed by atoms with Gasteiger partial charge in [-0.05, 0) is 22.6 Å². The largest absolute Gasteiger partial charge is 0.369 e. The van der Waals surface area contributed by atoms with Gasteiger partial charge >= 0.3 is 0 Å². The van der Waals surface area contributed by atoms with E-state index < -0.39 is 17.9 Å². The third kappa shape index (κ3) is 2.56. The predicted octanol–water partition coefficient (Wildman–Crippen LogP) is 2.50. The molecule has 1 amide bonds. The average Bonchev–Trinajstić information content (AvgIpc) is 2.55. The summed E-state index contributed by atoms with van der Waals surface area (Å²) in [5.74, 6) is -0.996. The number of rotatable bonds is 4. The lowest BCUT2D eigenvalue weighted by Gasteiger charge is -2.23. The van der Waals surface area contributed by atoms with E-state index in [1.807, 2.05) is 54.6 Å². The highest BCUT2D eigenvalue weighted by Crippen LogP contribution is 2.32. The van der Waals surface area contributed by atoms with Crippen molar-refractivity contribution in [3.8, 4) is 0 Å². The van der Waals surface area contributed by atoms with Crippen molar-refractivity contribution in [2.45, 2.75) is 12.0 Å². The first-order chi connectivity index (χ1) is 10.7.